The molecule has 1 aromatic carbocycles. The summed E-state index contributed by atoms with van der Waals surface area (Å²) < 4.78 is 16.1. The van der Waals surface area contributed by atoms with E-state index in [9.17, 15) is 9.90 Å². The van der Waals surface area contributed by atoms with Crippen molar-refractivity contribution in [2.24, 2.45) is 0 Å². The summed E-state index contributed by atoms with van der Waals surface area (Å²) >= 11 is 0. The summed E-state index contributed by atoms with van der Waals surface area (Å²) in [5.41, 5.74) is 2.40. The molecule has 0 bridgehead atoms. The third-order valence-electron chi connectivity index (χ3n) is 3.83. The zero-order valence-corrected chi connectivity index (χ0v) is 11.5. The standard InChI is InChI=1S/C15H18O5/c1-18-15(17)13(16)12-10-5-3-6-19-11(10)8-9-4-2-7-20-14(9)12/h8,13,16H,2-7H2,1H3. The molecule has 0 fully saturated rings. The zero-order valence-electron chi connectivity index (χ0n) is 11.5. The number of esters is 1. The number of carbonyl (C=O) groups is 1. The Bertz CT molecular complexity index is 503. The van der Waals surface area contributed by atoms with E-state index in [-0.39, 0.29) is 0 Å². The molecule has 20 heavy (non-hydrogen) atoms. The second kappa shape index (κ2) is 5.32. The Morgan fingerprint density at radius 2 is 2.05 bits per heavy atom. The number of aliphatic hydroxyl groups excluding tert-OH is 1. The fourth-order valence-corrected chi connectivity index (χ4v) is 2.88. The molecule has 2 aliphatic rings. The number of benzene rings is 1. The van der Waals surface area contributed by atoms with Crippen LogP contribution in [0.3, 0.4) is 0 Å². The summed E-state index contributed by atoms with van der Waals surface area (Å²) in [6.07, 6.45) is 2.12. The van der Waals surface area contributed by atoms with E-state index in [4.69, 9.17) is 9.47 Å². The molecule has 5 heteroatoms. The Labute approximate surface area is 117 Å². The quantitative estimate of drug-likeness (QED) is 0.831. The van der Waals surface area contributed by atoms with Gasteiger partial charge >= 0.3 is 5.97 Å². The van der Waals surface area contributed by atoms with E-state index in [0.717, 1.165) is 42.6 Å². The van der Waals surface area contributed by atoms with Crippen molar-refractivity contribution >= 4 is 5.97 Å². The molecule has 0 saturated heterocycles. The van der Waals surface area contributed by atoms with Crippen molar-refractivity contribution in [1.82, 2.24) is 0 Å². The number of ether oxygens (including phenoxy) is 3. The third kappa shape index (κ3) is 2.12. The lowest BCUT2D eigenvalue weighted by Gasteiger charge is -2.28. The van der Waals surface area contributed by atoms with E-state index >= 15 is 0 Å². The van der Waals surface area contributed by atoms with Gasteiger partial charge in [0.05, 0.1) is 20.3 Å². The molecule has 2 aliphatic heterocycles. The van der Waals surface area contributed by atoms with Gasteiger partial charge in [0.25, 0.3) is 0 Å². The Hall–Kier alpha value is -1.75. The molecule has 0 aliphatic carbocycles. The van der Waals surface area contributed by atoms with Gasteiger partial charge < -0.3 is 19.3 Å². The predicted octanol–water partition coefficient (Wildman–Crippen LogP) is 1.54. The molecule has 0 saturated carbocycles. The van der Waals surface area contributed by atoms with Gasteiger partial charge in [-0.1, -0.05) is 0 Å². The van der Waals surface area contributed by atoms with E-state index in [0.29, 0.717) is 24.5 Å². The average Bonchev–Trinajstić information content (AvgIpc) is 2.51. The number of fused-ring (bicyclic) bond motifs is 2. The van der Waals surface area contributed by atoms with Crippen molar-refractivity contribution in [3.05, 3.63) is 22.8 Å². The molecule has 0 aromatic heterocycles. The van der Waals surface area contributed by atoms with Gasteiger partial charge in [0.2, 0.25) is 0 Å². The molecule has 0 amide bonds. The van der Waals surface area contributed by atoms with E-state index in [1.807, 2.05) is 6.07 Å². The van der Waals surface area contributed by atoms with Crippen LogP contribution < -0.4 is 9.47 Å². The highest BCUT2D eigenvalue weighted by atomic mass is 16.5. The first-order valence-electron chi connectivity index (χ1n) is 6.92. The maximum absolute atomic E-state index is 11.7. The van der Waals surface area contributed by atoms with Crippen LogP contribution >= 0.6 is 0 Å². The number of methoxy groups -OCH3 is 1. The summed E-state index contributed by atoms with van der Waals surface area (Å²) in [6.45, 7) is 1.27. The number of aryl methyl sites for hydroxylation is 1. The summed E-state index contributed by atoms with van der Waals surface area (Å²) in [5, 5.41) is 10.3. The maximum atomic E-state index is 11.7. The highest BCUT2D eigenvalue weighted by molar-refractivity contribution is 5.79. The van der Waals surface area contributed by atoms with Crippen LogP contribution in [0.25, 0.3) is 0 Å². The van der Waals surface area contributed by atoms with E-state index < -0.39 is 12.1 Å². The third-order valence-corrected chi connectivity index (χ3v) is 3.83. The van der Waals surface area contributed by atoms with Crippen molar-refractivity contribution in [1.29, 1.82) is 0 Å². The van der Waals surface area contributed by atoms with Gasteiger partial charge in [0.15, 0.2) is 6.10 Å². The van der Waals surface area contributed by atoms with Crippen LogP contribution in [0, 0.1) is 0 Å². The number of hydrogen-bond donors (Lipinski definition) is 1. The van der Waals surface area contributed by atoms with Crippen molar-refractivity contribution in [2.75, 3.05) is 20.3 Å². The second-order valence-electron chi connectivity index (χ2n) is 5.08. The van der Waals surface area contributed by atoms with E-state index in [2.05, 4.69) is 4.74 Å². The molecule has 1 unspecified atom stereocenters. The van der Waals surface area contributed by atoms with Crippen LogP contribution in [0.4, 0.5) is 0 Å². The molecule has 1 atom stereocenters. The van der Waals surface area contributed by atoms with Gasteiger partial charge in [-0.25, -0.2) is 4.79 Å². The molecular formula is C15H18O5. The number of hydrogen-bond acceptors (Lipinski definition) is 5. The summed E-state index contributed by atoms with van der Waals surface area (Å²) in [4.78, 5) is 11.7. The first kappa shape index (κ1) is 13.2. The molecule has 0 spiro atoms. The normalized spacial score (nSPS) is 18.1. The van der Waals surface area contributed by atoms with E-state index in [1.165, 1.54) is 7.11 Å². The lowest BCUT2D eigenvalue weighted by atomic mass is 9.90. The lowest BCUT2D eigenvalue weighted by molar-refractivity contribution is -0.150. The monoisotopic (exact) mass is 278 g/mol. The lowest BCUT2D eigenvalue weighted by Crippen LogP contribution is -2.22. The molecule has 2 heterocycles. The first-order chi connectivity index (χ1) is 9.72. The summed E-state index contributed by atoms with van der Waals surface area (Å²) in [6, 6.07) is 1.98. The predicted molar refractivity (Wildman–Crippen MR) is 71.0 cm³/mol. The number of aliphatic hydroxyl groups is 1. The second-order valence-corrected chi connectivity index (χ2v) is 5.08. The van der Waals surface area contributed by atoms with Crippen molar-refractivity contribution in [3.8, 4) is 11.5 Å². The van der Waals surface area contributed by atoms with Gasteiger partial charge in [-0.3, -0.25) is 0 Å². The van der Waals surface area contributed by atoms with Gasteiger partial charge in [0, 0.05) is 11.1 Å². The minimum absolute atomic E-state index is 0.531. The highest BCUT2D eigenvalue weighted by Gasteiger charge is 2.31. The Morgan fingerprint density at radius 3 is 2.85 bits per heavy atom. The van der Waals surface area contributed by atoms with Crippen molar-refractivity contribution < 1.29 is 24.1 Å². The number of carbonyl (C=O) groups excluding carboxylic acids is 1. The van der Waals surface area contributed by atoms with Crippen molar-refractivity contribution in [3.63, 3.8) is 0 Å². The SMILES string of the molecule is COC(=O)C(O)c1c2c(cc3c1OCCC3)OCCC2. The van der Waals surface area contributed by atoms with Gasteiger partial charge in [-0.2, -0.15) is 0 Å². The molecule has 0 radical (unpaired) electrons. The fourth-order valence-electron chi connectivity index (χ4n) is 2.88. The summed E-state index contributed by atoms with van der Waals surface area (Å²) in [7, 11) is 1.27. The molecule has 1 aromatic rings. The van der Waals surface area contributed by atoms with Gasteiger partial charge in [-0.15, -0.1) is 0 Å². The topological polar surface area (TPSA) is 65.0 Å². The zero-order chi connectivity index (χ0) is 14.1. The van der Waals surface area contributed by atoms with E-state index in [1.54, 1.807) is 0 Å². The Kier molecular flexibility index (Phi) is 3.53. The molecule has 3 rings (SSSR count). The van der Waals surface area contributed by atoms with Crippen LogP contribution in [0.1, 0.15) is 35.6 Å². The first-order valence-corrected chi connectivity index (χ1v) is 6.92. The van der Waals surface area contributed by atoms with Crippen LogP contribution in [-0.4, -0.2) is 31.4 Å². The van der Waals surface area contributed by atoms with Gasteiger partial charge in [0.1, 0.15) is 11.5 Å². The Balaban J connectivity index is 2.15. The minimum atomic E-state index is -1.32. The Morgan fingerprint density at radius 1 is 1.30 bits per heavy atom. The molecule has 108 valence electrons. The average molecular weight is 278 g/mol. The molecule has 1 N–H and O–H groups in total. The van der Waals surface area contributed by atoms with Crippen LogP contribution in [0.15, 0.2) is 6.07 Å². The molecule has 5 nitrogen and oxygen atoms in total. The van der Waals surface area contributed by atoms with Crippen LogP contribution in [-0.2, 0) is 22.4 Å². The maximum Gasteiger partial charge on any atom is 0.339 e. The van der Waals surface area contributed by atoms with Gasteiger partial charge in [-0.05, 0) is 37.3 Å². The summed E-state index contributed by atoms with van der Waals surface area (Å²) in [5.74, 6) is 0.734. The highest BCUT2D eigenvalue weighted by Crippen LogP contribution is 2.42. The van der Waals surface area contributed by atoms with Crippen LogP contribution in [0.5, 0.6) is 11.5 Å². The van der Waals surface area contributed by atoms with Crippen molar-refractivity contribution in [2.45, 2.75) is 31.8 Å². The van der Waals surface area contributed by atoms with Crippen LogP contribution in [0.2, 0.25) is 0 Å². The number of rotatable bonds is 2. The minimum Gasteiger partial charge on any atom is -0.493 e. The fraction of sp³-hybridized carbons (Fsp3) is 0.533. The molecular weight excluding hydrogens is 260 g/mol. The largest absolute Gasteiger partial charge is 0.493 e. The smallest absolute Gasteiger partial charge is 0.339 e.